The topological polar surface area (TPSA) is 96.2 Å². The Bertz CT molecular complexity index is 713. The number of aromatic hydroxyl groups is 3. The molecule has 0 saturated carbocycles. The summed E-state index contributed by atoms with van der Waals surface area (Å²) in [6.07, 6.45) is 0.444. The van der Waals surface area contributed by atoms with Gasteiger partial charge in [-0.2, -0.15) is 0 Å². The Kier molecular flexibility index (Phi) is 4.12. The number of carbonyl (C=O) groups is 1. The van der Waals surface area contributed by atoms with Gasteiger partial charge in [-0.1, -0.05) is 0 Å². The van der Waals surface area contributed by atoms with Gasteiger partial charge < -0.3 is 24.8 Å². The first-order valence-corrected chi connectivity index (χ1v) is 6.45. The summed E-state index contributed by atoms with van der Waals surface area (Å²) < 4.78 is 10.6. The summed E-state index contributed by atoms with van der Waals surface area (Å²) in [7, 11) is 1.38. The Morgan fingerprint density at radius 1 is 1.00 bits per heavy atom. The Hall–Kier alpha value is -2.89. The van der Waals surface area contributed by atoms with E-state index in [4.69, 9.17) is 9.47 Å². The summed E-state index contributed by atoms with van der Waals surface area (Å²) in [4.78, 5) is 11.2. The van der Waals surface area contributed by atoms with Crippen LogP contribution in [0.25, 0.3) is 0 Å². The summed E-state index contributed by atoms with van der Waals surface area (Å²) >= 11 is 0. The zero-order valence-electron chi connectivity index (χ0n) is 12.4. The Morgan fingerprint density at radius 2 is 1.64 bits per heavy atom. The third-order valence-electron chi connectivity index (χ3n) is 3.22. The van der Waals surface area contributed by atoms with E-state index in [0.717, 1.165) is 6.07 Å². The molecule has 0 aliphatic heterocycles. The number of phenolic OH excluding ortho intramolecular Hbond substituents is 3. The lowest BCUT2D eigenvalue weighted by molar-refractivity contribution is 0.111. The van der Waals surface area contributed by atoms with Crippen molar-refractivity contribution in [3.63, 3.8) is 0 Å². The van der Waals surface area contributed by atoms with Crippen LogP contribution in [0.3, 0.4) is 0 Å². The molecule has 0 spiro atoms. The van der Waals surface area contributed by atoms with Gasteiger partial charge in [-0.3, -0.25) is 4.79 Å². The van der Waals surface area contributed by atoms with Gasteiger partial charge in [0.05, 0.1) is 7.11 Å². The molecule has 0 aliphatic rings. The van der Waals surface area contributed by atoms with Gasteiger partial charge in [0.25, 0.3) is 0 Å². The van der Waals surface area contributed by atoms with Crippen LogP contribution >= 0.6 is 0 Å². The third kappa shape index (κ3) is 2.63. The molecule has 0 atom stereocenters. The largest absolute Gasteiger partial charge is 0.508 e. The highest BCUT2D eigenvalue weighted by Crippen LogP contribution is 2.43. The van der Waals surface area contributed by atoms with E-state index in [0.29, 0.717) is 17.4 Å². The Morgan fingerprint density at radius 3 is 2.18 bits per heavy atom. The predicted molar refractivity (Wildman–Crippen MR) is 79.4 cm³/mol. The zero-order chi connectivity index (χ0) is 16.4. The van der Waals surface area contributed by atoms with E-state index in [1.165, 1.54) is 19.2 Å². The van der Waals surface area contributed by atoms with Gasteiger partial charge in [-0.25, -0.2) is 0 Å². The molecule has 0 bridgehead atoms. The lowest BCUT2D eigenvalue weighted by atomic mass is 10.1. The summed E-state index contributed by atoms with van der Waals surface area (Å²) in [6, 6.07) is 4.05. The van der Waals surface area contributed by atoms with Crippen molar-refractivity contribution < 1.29 is 29.6 Å². The van der Waals surface area contributed by atoms with Crippen LogP contribution in [0.5, 0.6) is 34.5 Å². The van der Waals surface area contributed by atoms with Crippen LogP contribution in [-0.2, 0) is 0 Å². The molecule has 0 unspecified atom stereocenters. The molecular weight excluding hydrogens is 288 g/mol. The smallest absolute Gasteiger partial charge is 0.172 e. The fraction of sp³-hybridized carbons (Fsp3) is 0.188. The third-order valence-corrected chi connectivity index (χ3v) is 3.22. The van der Waals surface area contributed by atoms with Crippen molar-refractivity contribution in [3.8, 4) is 34.5 Å². The lowest BCUT2D eigenvalue weighted by Gasteiger charge is -2.16. The molecule has 0 aromatic heterocycles. The summed E-state index contributed by atoms with van der Waals surface area (Å²) in [5, 5.41) is 29.4. The van der Waals surface area contributed by atoms with Crippen LogP contribution in [-0.4, -0.2) is 28.7 Å². The Balaban J connectivity index is 2.58. The first-order valence-electron chi connectivity index (χ1n) is 6.45. The molecule has 2 aromatic carbocycles. The van der Waals surface area contributed by atoms with E-state index in [2.05, 4.69) is 0 Å². The zero-order valence-corrected chi connectivity index (χ0v) is 12.4. The number of hydrogen-bond donors (Lipinski definition) is 3. The van der Waals surface area contributed by atoms with Gasteiger partial charge in [0.15, 0.2) is 29.3 Å². The van der Waals surface area contributed by atoms with Crippen molar-refractivity contribution in [1.29, 1.82) is 0 Å². The molecule has 0 radical (unpaired) electrons. The summed E-state index contributed by atoms with van der Waals surface area (Å²) in [5.74, 6) is -0.363. The summed E-state index contributed by atoms with van der Waals surface area (Å²) in [6.45, 7) is 3.31. The maximum atomic E-state index is 11.2. The van der Waals surface area contributed by atoms with Crippen molar-refractivity contribution in [2.24, 2.45) is 0 Å². The molecule has 0 saturated heterocycles. The van der Waals surface area contributed by atoms with Gasteiger partial charge in [-0.05, 0) is 37.1 Å². The van der Waals surface area contributed by atoms with E-state index in [-0.39, 0.29) is 40.1 Å². The van der Waals surface area contributed by atoms with Gasteiger partial charge in [0.1, 0.15) is 17.1 Å². The number of hydrogen-bond acceptors (Lipinski definition) is 6. The van der Waals surface area contributed by atoms with Crippen molar-refractivity contribution in [2.45, 2.75) is 13.8 Å². The average molecular weight is 304 g/mol. The molecule has 6 nitrogen and oxygen atoms in total. The fourth-order valence-corrected chi connectivity index (χ4v) is 2.20. The molecule has 0 fully saturated rings. The minimum Gasteiger partial charge on any atom is -0.508 e. The fourth-order valence-electron chi connectivity index (χ4n) is 2.20. The highest BCUT2D eigenvalue weighted by atomic mass is 16.5. The van der Waals surface area contributed by atoms with Gasteiger partial charge in [-0.15, -0.1) is 0 Å². The minimum absolute atomic E-state index is 0.0786. The lowest BCUT2D eigenvalue weighted by Crippen LogP contribution is -1.97. The van der Waals surface area contributed by atoms with Gasteiger partial charge in [0, 0.05) is 6.07 Å². The molecule has 0 heterocycles. The molecular formula is C16H16O6. The second-order valence-electron chi connectivity index (χ2n) is 4.82. The normalized spacial score (nSPS) is 10.3. The number of aldehydes is 1. The SMILES string of the molecule is COc1c(C)cc(Oc2c(C)cc(O)cc2O)c(C=O)c1O. The molecule has 22 heavy (non-hydrogen) atoms. The monoisotopic (exact) mass is 304 g/mol. The van der Waals surface area contributed by atoms with Crippen LogP contribution < -0.4 is 9.47 Å². The van der Waals surface area contributed by atoms with E-state index >= 15 is 0 Å². The van der Waals surface area contributed by atoms with Gasteiger partial charge in [0.2, 0.25) is 0 Å². The number of methoxy groups -OCH3 is 1. The molecule has 0 aliphatic carbocycles. The molecule has 116 valence electrons. The van der Waals surface area contributed by atoms with Crippen molar-refractivity contribution in [2.75, 3.05) is 7.11 Å². The van der Waals surface area contributed by atoms with Crippen LogP contribution in [0.4, 0.5) is 0 Å². The van der Waals surface area contributed by atoms with Crippen molar-refractivity contribution in [3.05, 3.63) is 34.9 Å². The van der Waals surface area contributed by atoms with Crippen LogP contribution in [0.15, 0.2) is 18.2 Å². The number of rotatable bonds is 4. The van der Waals surface area contributed by atoms with E-state index in [9.17, 15) is 20.1 Å². The van der Waals surface area contributed by atoms with E-state index in [1.54, 1.807) is 13.8 Å². The van der Waals surface area contributed by atoms with E-state index in [1.807, 2.05) is 0 Å². The maximum Gasteiger partial charge on any atom is 0.172 e. The first-order chi connectivity index (χ1) is 10.4. The second kappa shape index (κ2) is 5.85. The van der Waals surface area contributed by atoms with Crippen molar-refractivity contribution in [1.82, 2.24) is 0 Å². The number of ether oxygens (including phenoxy) is 2. The minimum atomic E-state index is -0.330. The number of phenols is 3. The van der Waals surface area contributed by atoms with E-state index < -0.39 is 0 Å². The molecule has 6 heteroatoms. The molecule has 0 amide bonds. The standard InChI is InChI=1S/C16H16O6/c1-8-4-10(18)6-12(19)15(8)22-13-5-9(2)16(21-3)14(20)11(13)7-17/h4-7,18-20H,1-3H3. The maximum absolute atomic E-state index is 11.2. The van der Waals surface area contributed by atoms with Gasteiger partial charge >= 0.3 is 0 Å². The number of aryl methyl sites for hydroxylation is 2. The van der Waals surface area contributed by atoms with Crippen LogP contribution in [0.2, 0.25) is 0 Å². The second-order valence-corrected chi connectivity index (χ2v) is 4.82. The average Bonchev–Trinajstić information content (AvgIpc) is 2.43. The molecule has 2 rings (SSSR count). The predicted octanol–water partition coefficient (Wildman–Crippen LogP) is 3.03. The molecule has 2 aromatic rings. The Labute approximate surface area is 127 Å². The quantitative estimate of drug-likeness (QED) is 0.751. The van der Waals surface area contributed by atoms with Crippen molar-refractivity contribution >= 4 is 6.29 Å². The first kappa shape index (κ1) is 15.5. The number of carbonyl (C=O) groups excluding carboxylic acids is 1. The van der Waals surface area contributed by atoms with Crippen LogP contribution in [0, 0.1) is 13.8 Å². The highest BCUT2D eigenvalue weighted by Gasteiger charge is 2.19. The molecule has 3 N–H and O–H groups in total. The number of benzene rings is 2. The van der Waals surface area contributed by atoms with Crippen LogP contribution in [0.1, 0.15) is 21.5 Å². The summed E-state index contributed by atoms with van der Waals surface area (Å²) in [5.41, 5.74) is 0.952. The highest BCUT2D eigenvalue weighted by molar-refractivity contribution is 5.86.